The Labute approximate surface area is 159 Å². The van der Waals surface area contributed by atoms with Crippen molar-refractivity contribution in [2.45, 2.75) is 32.6 Å². The van der Waals surface area contributed by atoms with Crippen LogP contribution in [0.15, 0.2) is 48.5 Å². The molecule has 138 valence electrons. The number of nitrogens with zero attached hydrogens (tertiary/aromatic N) is 2. The van der Waals surface area contributed by atoms with Gasteiger partial charge >= 0.3 is 0 Å². The fourth-order valence-electron chi connectivity index (χ4n) is 3.36. The van der Waals surface area contributed by atoms with Gasteiger partial charge in [0.1, 0.15) is 0 Å². The molecule has 1 aliphatic heterocycles. The minimum absolute atomic E-state index is 0.0225. The smallest absolute Gasteiger partial charge is 0.229 e. The number of para-hydroxylation sites is 1. The quantitative estimate of drug-likeness (QED) is 0.873. The van der Waals surface area contributed by atoms with Gasteiger partial charge in [-0.05, 0) is 48.2 Å². The van der Waals surface area contributed by atoms with Crippen LogP contribution in [0.25, 0.3) is 0 Å². The van der Waals surface area contributed by atoms with Crippen molar-refractivity contribution in [3.63, 3.8) is 0 Å². The Bertz CT molecular complexity index is 883. The third-order valence-corrected chi connectivity index (χ3v) is 5.15. The molecule has 1 saturated heterocycles. The first-order valence-corrected chi connectivity index (χ1v) is 9.23. The predicted molar refractivity (Wildman–Crippen MR) is 105 cm³/mol. The zero-order valence-electron chi connectivity index (χ0n) is 15.6. The van der Waals surface area contributed by atoms with Gasteiger partial charge < -0.3 is 10.2 Å². The van der Waals surface area contributed by atoms with Crippen LogP contribution in [0, 0.1) is 17.2 Å². The van der Waals surface area contributed by atoms with Crippen molar-refractivity contribution < 1.29 is 9.59 Å². The highest BCUT2D eigenvalue weighted by Gasteiger charge is 2.36. The summed E-state index contributed by atoms with van der Waals surface area (Å²) in [6, 6.07) is 16.7. The first kappa shape index (κ1) is 18.7. The molecule has 0 unspecified atom stereocenters. The van der Waals surface area contributed by atoms with Crippen LogP contribution in [0.4, 0.5) is 11.4 Å². The zero-order valence-corrected chi connectivity index (χ0v) is 15.6. The molecule has 1 N–H and O–H groups in total. The first-order valence-electron chi connectivity index (χ1n) is 9.23. The number of nitriles is 1. The summed E-state index contributed by atoms with van der Waals surface area (Å²) in [4.78, 5) is 27.0. The van der Waals surface area contributed by atoms with Gasteiger partial charge in [0.05, 0.1) is 17.6 Å². The van der Waals surface area contributed by atoms with Gasteiger partial charge in [-0.15, -0.1) is 0 Å². The molecular formula is C22H23N3O2. The van der Waals surface area contributed by atoms with Crippen LogP contribution in [0.5, 0.6) is 0 Å². The highest BCUT2D eigenvalue weighted by Crippen LogP contribution is 2.33. The summed E-state index contributed by atoms with van der Waals surface area (Å²) < 4.78 is 0. The second-order valence-electron chi connectivity index (χ2n) is 6.95. The minimum Gasteiger partial charge on any atom is -0.326 e. The Morgan fingerprint density at radius 1 is 1.26 bits per heavy atom. The SMILES string of the molecule is CC[C@@H](C)c1ccccc1N1C[C@@H](C(=O)Nc2ccc(C#N)cc2)CC1=O. The molecule has 2 aromatic carbocycles. The van der Waals surface area contributed by atoms with E-state index in [1.54, 1.807) is 29.2 Å². The van der Waals surface area contributed by atoms with Gasteiger partial charge in [-0.2, -0.15) is 5.26 Å². The third-order valence-electron chi connectivity index (χ3n) is 5.15. The van der Waals surface area contributed by atoms with E-state index in [0.717, 1.165) is 17.7 Å². The number of anilines is 2. The van der Waals surface area contributed by atoms with Crippen molar-refractivity contribution in [2.24, 2.45) is 5.92 Å². The number of amides is 2. The van der Waals surface area contributed by atoms with Gasteiger partial charge in [0, 0.05) is 24.3 Å². The highest BCUT2D eigenvalue weighted by molar-refractivity contribution is 6.03. The van der Waals surface area contributed by atoms with Crippen molar-refractivity contribution in [3.05, 3.63) is 59.7 Å². The Morgan fingerprint density at radius 2 is 1.96 bits per heavy atom. The summed E-state index contributed by atoms with van der Waals surface area (Å²) in [7, 11) is 0. The summed E-state index contributed by atoms with van der Waals surface area (Å²) in [6.07, 6.45) is 1.19. The van der Waals surface area contributed by atoms with Crippen molar-refractivity contribution >= 4 is 23.2 Å². The van der Waals surface area contributed by atoms with E-state index >= 15 is 0 Å². The topological polar surface area (TPSA) is 73.2 Å². The van der Waals surface area contributed by atoms with Crippen molar-refractivity contribution in [2.75, 3.05) is 16.8 Å². The molecule has 0 saturated carbocycles. The number of carbonyl (C=O) groups excluding carboxylic acids is 2. The van der Waals surface area contributed by atoms with Gasteiger partial charge in [0.2, 0.25) is 11.8 Å². The van der Waals surface area contributed by atoms with Gasteiger partial charge in [0.15, 0.2) is 0 Å². The average molecular weight is 361 g/mol. The number of carbonyl (C=O) groups is 2. The number of hydrogen-bond donors (Lipinski definition) is 1. The number of rotatable bonds is 5. The summed E-state index contributed by atoms with van der Waals surface area (Å²) in [6.45, 7) is 4.66. The molecule has 5 nitrogen and oxygen atoms in total. The Morgan fingerprint density at radius 3 is 2.63 bits per heavy atom. The maximum atomic E-state index is 12.6. The monoisotopic (exact) mass is 361 g/mol. The largest absolute Gasteiger partial charge is 0.326 e. The lowest BCUT2D eigenvalue weighted by molar-refractivity contribution is -0.122. The van der Waals surface area contributed by atoms with E-state index in [4.69, 9.17) is 5.26 Å². The minimum atomic E-state index is -0.391. The molecule has 27 heavy (non-hydrogen) atoms. The standard InChI is InChI=1S/C22H23N3O2/c1-3-15(2)19-6-4-5-7-20(19)25-14-17(12-21(25)26)22(27)24-18-10-8-16(13-23)9-11-18/h4-11,15,17H,3,12,14H2,1-2H3,(H,24,27)/t15-,17+/m1/s1. The van der Waals surface area contributed by atoms with E-state index in [0.29, 0.717) is 23.7 Å². The van der Waals surface area contributed by atoms with Crippen LogP contribution < -0.4 is 10.2 Å². The second-order valence-corrected chi connectivity index (χ2v) is 6.95. The molecule has 0 aliphatic carbocycles. The van der Waals surface area contributed by atoms with Crippen LogP contribution in [0.2, 0.25) is 0 Å². The van der Waals surface area contributed by atoms with E-state index in [-0.39, 0.29) is 18.2 Å². The van der Waals surface area contributed by atoms with Gasteiger partial charge in [0.25, 0.3) is 0 Å². The summed E-state index contributed by atoms with van der Waals surface area (Å²) in [5.41, 5.74) is 3.22. The second kappa shape index (κ2) is 8.05. The van der Waals surface area contributed by atoms with Crippen LogP contribution in [0.3, 0.4) is 0 Å². The molecule has 1 fully saturated rings. The third kappa shape index (κ3) is 4.01. The van der Waals surface area contributed by atoms with Gasteiger partial charge in [-0.1, -0.05) is 32.0 Å². The van der Waals surface area contributed by atoms with Gasteiger partial charge in [-0.3, -0.25) is 9.59 Å². The Kier molecular flexibility index (Phi) is 5.56. The van der Waals surface area contributed by atoms with E-state index < -0.39 is 5.92 Å². The van der Waals surface area contributed by atoms with Gasteiger partial charge in [-0.25, -0.2) is 0 Å². The fraction of sp³-hybridized carbons (Fsp3) is 0.318. The molecule has 1 heterocycles. The van der Waals surface area contributed by atoms with Crippen LogP contribution in [-0.4, -0.2) is 18.4 Å². The first-order chi connectivity index (χ1) is 13.0. The molecule has 0 spiro atoms. The lowest BCUT2D eigenvalue weighted by atomic mass is 9.96. The van der Waals surface area contributed by atoms with Crippen LogP contribution in [0.1, 0.15) is 43.7 Å². The molecule has 5 heteroatoms. The molecule has 2 amide bonds. The number of hydrogen-bond acceptors (Lipinski definition) is 3. The van der Waals surface area contributed by atoms with Crippen LogP contribution >= 0.6 is 0 Å². The molecule has 1 aliphatic rings. The molecule has 3 rings (SSSR count). The molecule has 2 aromatic rings. The Hall–Kier alpha value is -3.13. The molecule has 0 radical (unpaired) electrons. The van der Waals surface area contributed by atoms with E-state index in [1.165, 1.54) is 0 Å². The van der Waals surface area contributed by atoms with E-state index in [2.05, 4.69) is 25.2 Å². The van der Waals surface area contributed by atoms with E-state index in [9.17, 15) is 9.59 Å². The normalized spacial score (nSPS) is 17.4. The maximum absolute atomic E-state index is 12.6. The number of benzene rings is 2. The highest BCUT2D eigenvalue weighted by atomic mass is 16.2. The summed E-state index contributed by atoms with van der Waals surface area (Å²) in [5, 5.41) is 11.7. The maximum Gasteiger partial charge on any atom is 0.229 e. The Balaban J connectivity index is 1.73. The number of nitrogens with one attached hydrogen (secondary N) is 1. The fourth-order valence-corrected chi connectivity index (χ4v) is 3.36. The predicted octanol–water partition coefficient (Wildman–Crippen LogP) is 4.06. The lowest BCUT2D eigenvalue weighted by Crippen LogP contribution is -2.29. The van der Waals surface area contributed by atoms with Crippen molar-refractivity contribution in [1.82, 2.24) is 0 Å². The molecule has 0 aromatic heterocycles. The van der Waals surface area contributed by atoms with Crippen molar-refractivity contribution in [3.8, 4) is 6.07 Å². The average Bonchev–Trinajstić information content (AvgIpc) is 3.09. The van der Waals surface area contributed by atoms with E-state index in [1.807, 2.05) is 24.3 Å². The zero-order chi connectivity index (χ0) is 19.4. The lowest BCUT2D eigenvalue weighted by Gasteiger charge is -2.23. The van der Waals surface area contributed by atoms with Crippen LogP contribution in [-0.2, 0) is 9.59 Å². The molecular weight excluding hydrogens is 338 g/mol. The summed E-state index contributed by atoms with van der Waals surface area (Å²) in [5.74, 6) is -0.235. The molecule has 2 atom stereocenters. The summed E-state index contributed by atoms with van der Waals surface area (Å²) >= 11 is 0. The molecule has 0 bridgehead atoms. The van der Waals surface area contributed by atoms with Crippen molar-refractivity contribution in [1.29, 1.82) is 5.26 Å².